The Morgan fingerprint density at radius 3 is 2.89 bits per heavy atom. The van der Waals surface area contributed by atoms with E-state index in [-0.39, 0.29) is 6.61 Å². The van der Waals surface area contributed by atoms with Gasteiger partial charge in [-0.3, -0.25) is 4.90 Å². The molecule has 0 spiro atoms. The first-order valence-electron chi connectivity index (χ1n) is 6.35. The topological polar surface area (TPSA) is 60.8 Å². The predicted octanol–water partition coefficient (Wildman–Crippen LogP) is 1.59. The Labute approximate surface area is 107 Å². The summed E-state index contributed by atoms with van der Waals surface area (Å²) >= 11 is 0. The van der Waals surface area contributed by atoms with Crippen LogP contribution in [0.15, 0.2) is 24.3 Å². The average molecular weight is 249 g/mol. The van der Waals surface area contributed by atoms with Gasteiger partial charge in [-0.25, -0.2) is 4.79 Å². The van der Waals surface area contributed by atoms with Gasteiger partial charge in [-0.15, -0.1) is 0 Å². The highest BCUT2D eigenvalue weighted by atomic mass is 16.4. The molecule has 2 N–H and O–H groups in total. The van der Waals surface area contributed by atoms with Crippen molar-refractivity contribution < 1.29 is 15.0 Å². The molecule has 1 aromatic carbocycles. The Hall–Kier alpha value is -1.39. The number of carboxylic acids is 1. The van der Waals surface area contributed by atoms with Crippen LogP contribution in [-0.4, -0.2) is 40.8 Å². The summed E-state index contributed by atoms with van der Waals surface area (Å²) in [6.07, 6.45) is 2.13. The van der Waals surface area contributed by atoms with E-state index in [1.807, 2.05) is 12.1 Å². The van der Waals surface area contributed by atoms with Crippen molar-refractivity contribution in [3.63, 3.8) is 0 Å². The highest BCUT2D eigenvalue weighted by Gasteiger charge is 2.20. The van der Waals surface area contributed by atoms with E-state index in [4.69, 9.17) is 5.11 Å². The minimum absolute atomic E-state index is 0.219. The van der Waals surface area contributed by atoms with E-state index in [9.17, 15) is 9.90 Å². The van der Waals surface area contributed by atoms with Crippen LogP contribution >= 0.6 is 0 Å². The first-order valence-corrected chi connectivity index (χ1v) is 6.35. The zero-order chi connectivity index (χ0) is 13.0. The summed E-state index contributed by atoms with van der Waals surface area (Å²) in [6.45, 7) is 2.70. The van der Waals surface area contributed by atoms with Gasteiger partial charge in [0, 0.05) is 19.7 Å². The monoisotopic (exact) mass is 249 g/mol. The van der Waals surface area contributed by atoms with Crippen molar-refractivity contribution in [1.82, 2.24) is 4.90 Å². The molecule has 4 nitrogen and oxygen atoms in total. The van der Waals surface area contributed by atoms with Gasteiger partial charge >= 0.3 is 5.97 Å². The van der Waals surface area contributed by atoms with Crippen LogP contribution in [0.2, 0.25) is 0 Å². The van der Waals surface area contributed by atoms with E-state index in [2.05, 4.69) is 4.90 Å². The predicted molar refractivity (Wildman–Crippen MR) is 68.5 cm³/mol. The van der Waals surface area contributed by atoms with Crippen LogP contribution in [0.1, 0.15) is 28.8 Å². The van der Waals surface area contributed by atoms with Crippen molar-refractivity contribution in [1.29, 1.82) is 0 Å². The highest BCUT2D eigenvalue weighted by molar-refractivity contribution is 5.89. The number of aromatic carboxylic acids is 1. The molecule has 2 rings (SSSR count). The van der Waals surface area contributed by atoms with Gasteiger partial charge < -0.3 is 10.2 Å². The summed E-state index contributed by atoms with van der Waals surface area (Å²) in [5, 5.41) is 18.3. The maximum atomic E-state index is 11.1. The number of aliphatic hydroxyl groups is 1. The average Bonchev–Trinajstić information content (AvgIpc) is 2.39. The fraction of sp³-hybridized carbons (Fsp3) is 0.500. The molecule has 0 saturated carbocycles. The fourth-order valence-electron chi connectivity index (χ4n) is 2.55. The summed E-state index contributed by atoms with van der Waals surface area (Å²) in [4.78, 5) is 13.4. The van der Waals surface area contributed by atoms with Crippen LogP contribution in [0.5, 0.6) is 0 Å². The van der Waals surface area contributed by atoms with Crippen molar-refractivity contribution in [2.75, 3.05) is 19.7 Å². The van der Waals surface area contributed by atoms with Crippen LogP contribution in [0.4, 0.5) is 0 Å². The molecule has 0 radical (unpaired) electrons. The first kappa shape index (κ1) is 13.1. The van der Waals surface area contributed by atoms with Gasteiger partial charge in [0.15, 0.2) is 0 Å². The van der Waals surface area contributed by atoms with Crippen molar-refractivity contribution in [3.8, 4) is 0 Å². The molecule has 0 bridgehead atoms. The zero-order valence-corrected chi connectivity index (χ0v) is 10.4. The maximum Gasteiger partial charge on any atom is 0.336 e. The smallest absolute Gasteiger partial charge is 0.336 e. The highest BCUT2D eigenvalue weighted by Crippen LogP contribution is 2.19. The van der Waals surface area contributed by atoms with Crippen molar-refractivity contribution in [3.05, 3.63) is 35.4 Å². The zero-order valence-electron chi connectivity index (χ0n) is 10.4. The number of carbonyl (C=O) groups is 1. The molecule has 0 aromatic heterocycles. The second-order valence-electron chi connectivity index (χ2n) is 4.89. The van der Waals surface area contributed by atoms with Gasteiger partial charge in [0.1, 0.15) is 0 Å². The Bertz CT molecular complexity index is 419. The van der Waals surface area contributed by atoms with Crippen LogP contribution in [-0.2, 0) is 6.54 Å². The summed E-state index contributed by atoms with van der Waals surface area (Å²) in [5.41, 5.74) is 1.23. The second kappa shape index (κ2) is 5.98. The second-order valence-corrected chi connectivity index (χ2v) is 4.89. The summed E-state index contributed by atoms with van der Waals surface area (Å²) in [5.74, 6) is -0.544. The number of likely N-dealkylation sites (tertiary alicyclic amines) is 1. The molecule has 4 heteroatoms. The van der Waals surface area contributed by atoms with Gasteiger partial charge in [0.2, 0.25) is 0 Å². The number of benzene rings is 1. The molecule has 1 saturated heterocycles. The van der Waals surface area contributed by atoms with E-state index in [1.54, 1.807) is 12.1 Å². The summed E-state index contributed by atoms with van der Waals surface area (Å²) < 4.78 is 0. The van der Waals surface area contributed by atoms with E-state index >= 15 is 0 Å². The van der Waals surface area contributed by atoms with Gasteiger partial charge in [-0.2, -0.15) is 0 Å². The van der Waals surface area contributed by atoms with Crippen LogP contribution < -0.4 is 0 Å². The van der Waals surface area contributed by atoms with Crippen LogP contribution in [0.3, 0.4) is 0 Å². The Morgan fingerprint density at radius 2 is 2.17 bits per heavy atom. The Balaban J connectivity index is 2.07. The standard InChI is InChI=1S/C14H19NO3/c16-10-11-4-3-7-15(8-11)9-12-5-1-2-6-13(12)14(17)18/h1-2,5-6,11,16H,3-4,7-10H2,(H,17,18). The largest absolute Gasteiger partial charge is 0.478 e. The van der Waals surface area contributed by atoms with Crippen molar-refractivity contribution in [2.45, 2.75) is 19.4 Å². The molecule has 0 amide bonds. The molecule has 1 aliphatic rings. The lowest BCUT2D eigenvalue weighted by atomic mass is 9.98. The molecule has 18 heavy (non-hydrogen) atoms. The number of hydrogen-bond donors (Lipinski definition) is 2. The van der Waals surface area contributed by atoms with Gasteiger partial charge in [0.05, 0.1) is 5.56 Å². The Morgan fingerprint density at radius 1 is 1.39 bits per heavy atom. The molecular weight excluding hydrogens is 230 g/mol. The minimum Gasteiger partial charge on any atom is -0.478 e. The van der Waals surface area contributed by atoms with Crippen molar-refractivity contribution >= 4 is 5.97 Å². The first-order chi connectivity index (χ1) is 8.70. The summed E-state index contributed by atoms with van der Waals surface area (Å²) in [7, 11) is 0. The third-order valence-electron chi connectivity index (χ3n) is 3.50. The SMILES string of the molecule is O=C(O)c1ccccc1CN1CCCC(CO)C1. The third kappa shape index (κ3) is 3.09. The van der Waals surface area contributed by atoms with Gasteiger partial charge in [0.25, 0.3) is 0 Å². The molecule has 1 aliphatic heterocycles. The number of piperidine rings is 1. The van der Waals surface area contributed by atoms with E-state index in [1.165, 1.54) is 0 Å². The number of nitrogens with zero attached hydrogens (tertiary/aromatic N) is 1. The molecule has 1 heterocycles. The molecule has 1 fully saturated rings. The molecular formula is C14H19NO3. The third-order valence-corrected chi connectivity index (χ3v) is 3.50. The lowest BCUT2D eigenvalue weighted by molar-refractivity contribution is 0.0692. The fourth-order valence-corrected chi connectivity index (χ4v) is 2.55. The molecule has 1 aromatic rings. The lowest BCUT2D eigenvalue weighted by Crippen LogP contribution is -2.36. The van der Waals surface area contributed by atoms with Gasteiger partial charge in [-0.1, -0.05) is 18.2 Å². The molecule has 0 aliphatic carbocycles. The van der Waals surface area contributed by atoms with E-state index < -0.39 is 5.97 Å². The normalized spacial score (nSPS) is 20.8. The number of carboxylic acid groups (broad SMARTS) is 1. The Kier molecular flexibility index (Phi) is 4.33. The summed E-state index contributed by atoms with van der Waals surface area (Å²) in [6, 6.07) is 7.13. The molecule has 1 atom stereocenters. The van der Waals surface area contributed by atoms with Crippen LogP contribution in [0.25, 0.3) is 0 Å². The number of rotatable bonds is 4. The minimum atomic E-state index is -0.874. The quantitative estimate of drug-likeness (QED) is 0.850. The lowest BCUT2D eigenvalue weighted by Gasteiger charge is -2.32. The van der Waals surface area contributed by atoms with E-state index in [0.29, 0.717) is 18.0 Å². The molecule has 1 unspecified atom stereocenters. The molecule has 98 valence electrons. The number of hydrogen-bond acceptors (Lipinski definition) is 3. The number of aliphatic hydroxyl groups excluding tert-OH is 1. The van der Waals surface area contributed by atoms with Crippen molar-refractivity contribution in [2.24, 2.45) is 5.92 Å². The van der Waals surface area contributed by atoms with Crippen LogP contribution in [0, 0.1) is 5.92 Å². The maximum absolute atomic E-state index is 11.1. The van der Waals surface area contributed by atoms with E-state index in [0.717, 1.165) is 31.5 Å². The van der Waals surface area contributed by atoms with Gasteiger partial charge in [-0.05, 0) is 36.9 Å².